The second kappa shape index (κ2) is 5.48. The third-order valence-corrected chi connectivity index (χ3v) is 4.23. The SMILES string of the molecule is Cc1cc(F)c(C(C)N2CC(C)C(C(=O)O)C2)cc1F. The van der Waals surface area contributed by atoms with Crippen molar-refractivity contribution in [2.24, 2.45) is 11.8 Å². The van der Waals surface area contributed by atoms with E-state index in [0.29, 0.717) is 13.1 Å². The topological polar surface area (TPSA) is 40.5 Å². The first kappa shape index (κ1) is 14.9. The number of hydrogen-bond donors (Lipinski definition) is 1. The summed E-state index contributed by atoms with van der Waals surface area (Å²) in [5.74, 6) is -2.15. The summed E-state index contributed by atoms with van der Waals surface area (Å²) in [6, 6.07) is 2.07. The highest BCUT2D eigenvalue weighted by Gasteiger charge is 2.37. The molecule has 1 fully saturated rings. The van der Waals surface area contributed by atoms with Crippen LogP contribution in [0.5, 0.6) is 0 Å². The second-order valence-electron chi connectivity index (χ2n) is 5.67. The Morgan fingerprint density at radius 3 is 2.55 bits per heavy atom. The number of nitrogens with zero attached hydrogens (tertiary/aromatic N) is 1. The molecule has 5 heteroatoms. The highest BCUT2D eigenvalue weighted by atomic mass is 19.1. The molecule has 2 rings (SSSR count). The van der Waals surface area contributed by atoms with Gasteiger partial charge in [0, 0.05) is 24.7 Å². The first-order valence-electron chi connectivity index (χ1n) is 6.73. The molecule has 1 N–H and O–H groups in total. The van der Waals surface area contributed by atoms with Gasteiger partial charge in [-0.25, -0.2) is 8.78 Å². The monoisotopic (exact) mass is 283 g/mol. The summed E-state index contributed by atoms with van der Waals surface area (Å²) >= 11 is 0. The fraction of sp³-hybridized carbons (Fsp3) is 0.533. The van der Waals surface area contributed by atoms with Gasteiger partial charge in [-0.05, 0) is 37.5 Å². The number of halogens is 2. The van der Waals surface area contributed by atoms with Crippen LogP contribution in [0.1, 0.15) is 31.0 Å². The maximum Gasteiger partial charge on any atom is 0.308 e. The first-order valence-corrected chi connectivity index (χ1v) is 6.73. The van der Waals surface area contributed by atoms with E-state index in [0.717, 1.165) is 0 Å². The van der Waals surface area contributed by atoms with Crippen LogP contribution < -0.4 is 0 Å². The molecule has 1 heterocycles. The van der Waals surface area contributed by atoms with Crippen molar-refractivity contribution in [1.82, 2.24) is 4.90 Å². The van der Waals surface area contributed by atoms with E-state index in [1.165, 1.54) is 19.1 Å². The smallest absolute Gasteiger partial charge is 0.308 e. The van der Waals surface area contributed by atoms with Gasteiger partial charge in [0.25, 0.3) is 0 Å². The molecule has 1 aliphatic rings. The fourth-order valence-corrected chi connectivity index (χ4v) is 2.82. The number of benzene rings is 1. The third kappa shape index (κ3) is 2.68. The highest BCUT2D eigenvalue weighted by Crippen LogP contribution is 2.32. The summed E-state index contributed by atoms with van der Waals surface area (Å²) in [6.07, 6.45) is 0. The number of likely N-dealkylation sites (tertiary alicyclic amines) is 1. The number of carboxylic acids is 1. The average Bonchev–Trinajstić information content (AvgIpc) is 2.75. The molecule has 1 saturated heterocycles. The van der Waals surface area contributed by atoms with Gasteiger partial charge in [0.15, 0.2) is 0 Å². The van der Waals surface area contributed by atoms with Gasteiger partial charge in [-0.15, -0.1) is 0 Å². The van der Waals surface area contributed by atoms with Gasteiger partial charge >= 0.3 is 5.97 Å². The molecule has 0 amide bonds. The Balaban J connectivity index is 2.23. The molecule has 20 heavy (non-hydrogen) atoms. The fourth-order valence-electron chi connectivity index (χ4n) is 2.82. The van der Waals surface area contributed by atoms with Crippen molar-refractivity contribution in [2.75, 3.05) is 13.1 Å². The van der Waals surface area contributed by atoms with Gasteiger partial charge < -0.3 is 5.11 Å². The average molecular weight is 283 g/mol. The number of rotatable bonds is 3. The van der Waals surface area contributed by atoms with E-state index in [-0.39, 0.29) is 23.1 Å². The zero-order valence-electron chi connectivity index (χ0n) is 11.9. The number of hydrogen-bond acceptors (Lipinski definition) is 2. The molecule has 0 spiro atoms. The molecule has 1 aliphatic heterocycles. The van der Waals surface area contributed by atoms with Crippen molar-refractivity contribution >= 4 is 5.97 Å². The molecule has 0 saturated carbocycles. The quantitative estimate of drug-likeness (QED) is 0.927. The molecule has 3 nitrogen and oxygen atoms in total. The number of aliphatic carboxylic acids is 1. The van der Waals surface area contributed by atoms with E-state index in [2.05, 4.69) is 0 Å². The predicted octanol–water partition coefficient (Wildman–Crippen LogP) is 2.99. The van der Waals surface area contributed by atoms with Crippen LogP contribution in [0.2, 0.25) is 0 Å². The van der Waals surface area contributed by atoms with Crippen LogP contribution in [-0.2, 0) is 4.79 Å². The molecule has 3 atom stereocenters. The van der Waals surface area contributed by atoms with Gasteiger partial charge in [-0.2, -0.15) is 0 Å². The molecule has 110 valence electrons. The lowest BCUT2D eigenvalue weighted by Gasteiger charge is -2.25. The van der Waals surface area contributed by atoms with E-state index in [1.54, 1.807) is 6.92 Å². The highest BCUT2D eigenvalue weighted by molar-refractivity contribution is 5.71. The minimum atomic E-state index is -0.831. The van der Waals surface area contributed by atoms with Crippen molar-refractivity contribution in [3.8, 4) is 0 Å². The zero-order chi connectivity index (χ0) is 15.0. The molecule has 1 aromatic carbocycles. The minimum absolute atomic E-state index is 0.00769. The summed E-state index contributed by atoms with van der Waals surface area (Å²) in [4.78, 5) is 13.0. The second-order valence-corrected chi connectivity index (χ2v) is 5.67. The van der Waals surface area contributed by atoms with Crippen molar-refractivity contribution in [3.05, 3.63) is 34.9 Å². The number of carboxylic acid groups (broad SMARTS) is 1. The molecule has 0 radical (unpaired) electrons. The lowest BCUT2D eigenvalue weighted by atomic mass is 9.99. The standard InChI is InChI=1S/C15H19F2NO2/c1-8-4-14(17)11(5-13(8)16)10(3)18-6-9(2)12(7-18)15(19)20/h4-5,9-10,12H,6-7H2,1-3H3,(H,19,20). The van der Waals surface area contributed by atoms with Crippen LogP contribution in [0, 0.1) is 30.4 Å². The number of carbonyl (C=O) groups is 1. The Hall–Kier alpha value is -1.49. The molecule has 0 bridgehead atoms. The summed E-state index contributed by atoms with van der Waals surface area (Å²) in [7, 11) is 0. The van der Waals surface area contributed by atoms with Crippen LogP contribution >= 0.6 is 0 Å². The van der Waals surface area contributed by atoms with Gasteiger partial charge in [0.05, 0.1) is 5.92 Å². The summed E-state index contributed by atoms with van der Waals surface area (Å²) in [5.41, 5.74) is 0.558. The predicted molar refractivity (Wildman–Crippen MR) is 71.4 cm³/mol. The lowest BCUT2D eigenvalue weighted by Crippen LogP contribution is -2.27. The Morgan fingerprint density at radius 1 is 1.35 bits per heavy atom. The molecule has 0 aliphatic carbocycles. The van der Waals surface area contributed by atoms with Crippen LogP contribution in [0.4, 0.5) is 8.78 Å². The zero-order valence-corrected chi connectivity index (χ0v) is 11.9. The van der Waals surface area contributed by atoms with Crippen LogP contribution in [0.15, 0.2) is 12.1 Å². The molecule has 0 aromatic heterocycles. The van der Waals surface area contributed by atoms with Gasteiger partial charge in [-0.1, -0.05) is 6.92 Å². The van der Waals surface area contributed by atoms with E-state index in [4.69, 9.17) is 5.11 Å². The maximum atomic E-state index is 14.0. The van der Waals surface area contributed by atoms with Gasteiger partial charge in [0.2, 0.25) is 0 Å². The Bertz CT molecular complexity index is 533. The Kier molecular flexibility index (Phi) is 4.09. The molecular weight excluding hydrogens is 264 g/mol. The van der Waals surface area contributed by atoms with Crippen molar-refractivity contribution in [3.63, 3.8) is 0 Å². The van der Waals surface area contributed by atoms with Crippen LogP contribution in [0.3, 0.4) is 0 Å². The van der Waals surface area contributed by atoms with E-state index < -0.39 is 23.5 Å². The molecular formula is C15H19F2NO2. The summed E-state index contributed by atoms with van der Waals surface area (Å²) in [6.45, 7) is 6.12. The van der Waals surface area contributed by atoms with E-state index in [9.17, 15) is 13.6 Å². The molecule has 3 unspecified atom stereocenters. The van der Waals surface area contributed by atoms with Crippen molar-refractivity contribution in [1.29, 1.82) is 0 Å². The van der Waals surface area contributed by atoms with Crippen LogP contribution in [-0.4, -0.2) is 29.1 Å². The van der Waals surface area contributed by atoms with Crippen molar-refractivity contribution < 1.29 is 18.7 Å². The Labute approximate surface area is 117 Å². The van der Waals surface area contributed by atoms with Gasteiger partial charge in [-0.3, -0.25) is 9.69 Å². The van der Waals surface area contributed by atoms with Crippen molar-refractivity contribution in [2.45, 2.75) is 26.8 Å². The van der Waals surface area contributed by atoms with Gasteiger partial charge in [0.1, 0.15) is 11.6 Å². The minimum Gasteiger partial charge on any atom is -0.481 e. The number of aryl methyl sites for hydroxylation is 1. The van der Waals surface area contributed by atoms with E-state index >= 15 is 0 Å². The molecule has 1 aromatic rings. The normalized spacial score (nSPS) is 24.9. The Morgan fingerprint density at radius 2 is 2.00 bits per heavy atom. The lowest BCUT2D eigenvalue weighted by molar-refractivity contribution is -0.142. The largest absolute Gasteiger partial charge is 0.481 e. The van der Waals surface area contributed by atoms with E-state index in [1.807, 2.05) is 11.8 Å². The summed E-state index contributed by atoms with van der Waals surface area (Å²) < 4.78 is 27.6. The first-order chi connectivity index (χ1) is 9.31. The van der Waals surface area contributed by atoms with Crippen LogP contribution in [0.25, 0.3) is 0 Å². The third-order valence-electron chi connectivity index (χ3n) is 4.23. The summed E-state index contributed by atoms with van der Waals surface area (Å²) in [5, 5.41) is 9.13. The maximum absolute atomic E-state index is 14.0.